The van der Waals surface area contributed by atoms with E-state index in [2.05, 4.69) is 9.64 Å². The largest absolute Gasteiger partial charge is 0.492 e. The van der Waals surface area contributed by atoms with Crippen molar-refractivity contribution in [2.45, 2.75) is 76.0 Å². The number of benzene rings is 1. The summed E-state index contributed by atoms with van der Waals surface area (Å²) >= 11 is 0. The molecule has 1 aromatic carbocycles. The first-order valence-electron chi connectivity index (χ1n) is 12.5. The number of alkyl halides is 6. The van der Waals surface area contributed by atoms with E-state index in [-0.39, 0.29) is 25.2 Å². The summed E-state index contributed by atoms with van der Waals surface area (Å²) in [7, 11) is 0. The molecule has 13 heteroatoms. The summed E-state index contributed by atoms with van der Waals surface area (Å²) in [6.07, 6.45) is -13.8. The molecule has 3 fully saturated rings. The number of hydrogen-bond donors (Lipinski definition) is 1. The van der Waals surface area contributed by atoms with Crippen molar-refractivity contribution in [3.05, 3.63) is 29.3 Å². The van der Waals surface area contributed by atoms with Crippen molar-refractivity contribution >= 4 is 12.1 Å². The highest BCUT2D eigenvalue weighted by atomic mass is 19.4. The predicted molar refractivity (Wildman–Crippen MR) is 122 cm³/mol. The lowest BCUT2D eigenvalue weighted by Gasteiger charge is -2.45. The fourth-order valence-corrected chi connectivity index (χ4v) is 5.33. The number of halogens is 6. The lowest BCUT2D eigenvalue weighted by Crippen LogP contribution is -2.54. The third-order valence-electron chi connectivity index (χ3n) is 7.90. The van der Waals surface area contributed by atoms with Crippen molar-refractivity contribution in [2.24, 2.45) is 5.41 Å². The Kier molecular flexibility index (Phi) is 7.54. The summed E-state index contributed by atoms with van der Waals surface area (Å²) in [5, 5.41) is 9.45. The van der Waals surface area contributed by atoms with Gasteiger partial charge in [0.15, 0.2) is 0 Å². The molecule has 1 spiro atoms. The van der Waals surface area contributed by atoms with E-state index in [1.165, 1.54) is 0 Å². The molecular weight excluding hydrogens is 522 g/mol. The molecule has 2 aliphatic heterocycles. The summed E-state index contributed by atoms with van der Waals surface area (Å²) in [6.45, 7) is 3.10. The number of carboxylic acid groups (broad SMARTS) is 1. The van der Waals surface area contributed by atoms with Gasteiger partial charge in [0.2, 0.25) is 0 Å². The Balaban J connectivity index is 1.40. The van der Waals surface area contributed by atoms with Crippen LogP contribution < -0.4 is 4.74 Å². The molecule has 212 valence electrons. The molecular formula is C25H30F6N2O5. The minimum absolute atomic E-state index is 0.0316. The third kappa shape index (κ3) is 5.97. The number of carboxylic acids is 1. The third-order valence-corrected chi connectivity index (χ3v) is 7.90. The van der Waals surface area contributed by atoms with Gasteiger partial charge in [0.05, 0.1) is 0 Å². The first-order chi connectivity index (χ1) is 17.7. The number of nitrogens with zero attached hydrogens (tertiary/aromatic N) is 2. The maximum Gasteiger partial charge on any atom is 0.434 e. The summed E-state index contributed by atoms with van der Waals surface area (Å²) in [5.41, 5.74) is 0.584. The van der Waals surface area contributed by atoms with E-state index in [1.54, 1.807) is 0 Å². The second-order valence-corrected chi connectivity index (χ2v) is 10.6. The Morgan fingerprint density at radius 3 is 2.18 bits per heavy atom. The zero-order valence-corrected chi connectivity index (χ0v) is 20.8. The van der Waals surface area contributed by atoms with Crippen LogP contribution in [0, 0.1) is 12.3 Å². The van der Waals surface area contributed by atoms with Crippen molar-refractivity contribution in [1.82, 2.24) is 9.80 Å². The maximum absolute atomic E-state index is 12.8. The normalized spacial score (nSPS) is 21.1. The Morgan fingerprint density at radius 1 is 1.00 bits per heavy atom. The number of aryl methyl sites for hydroxylation is 1. The first kappa shape index (κ1) is 28.3. The molecule has 4 rings (SSSR count). The molecule has 1 saturated carbocycles. The molecule has 3 aliphatic rings. The van der Waals surface area contributed by atoms with Gasteiger partial charge in [-0.05, 0) is 63.6 Å². The van der Waals surface area contributed by atoms with E-state index in [1.807, 2.05) is 25.1 Å². The van der Waals surface area contributed by atoms with Gasteiger partial charge in [0.1, 0.15) is 17.8 Å². The second kappa shape index (κ2) is 10.1. The van der Waals surface area contributed by atoms with Crippen LogP contribution in [-0.4, -0.2) is 77.2 Å². The molecule has 0 radical (unpaired) electrons. The maximum atomic E-state index is 12.8. The molecule has 2 heterocycles. The van der Waals surface area contributed by atoms with Crippen molar-refractivity contribution in [1.29, 1.82) is 0 Å². The van der Waals surface area contributed by atoms with Gasteiger partial charge in [0.25, 0.3) is 6.10 Å². The Morgan fingerprint density at radius 2 is 1.63 bits per heavy atom. The number of aliphatic carboxylic acids is 1. The minimum atomic E-state index is -5.76. The molecule has 0 aromatic heterocycles. The summed E-state index contributed by atoms with van der Waals surface area (Å²) in [4.78, 5) is 26.8. The van der Waals surface area contributed by atoms with E-state index in [4.69, 9.17) is 4.74 Å². The molecule has 0 unspecified atom stereocenters. The van der Waals surface area contributed by atoms with Crippen LogP contribution >= 0.6 is 0 Å². The number of carbonyl (C=O) groups is 2. The van der Waals surface area contributed by atoms with E-state index in [0.717, 1.165) is 35.4 Å². The lowest BCUT2D eigenvalue weighted by molar-refractivity contribution is -0.308. The lowest BCUT2D eigenvalue weighted by atomic mass is 9.85. The number of rotatable bonds is 7. The van der Waals surface area contributed by atoms with Gasteiger partial charge in [0, 0.05) is 30.7 Å². The molecule has 38 heavy (non-hydrogen) atoms. The number of amides is 1. The van der Waals surface area contributed by atoms with Crippen LogP contribution in [0.5, 0.6) is 5.75 Å². The highest BCUT2D eigenvalue weighted by Crippen LogP contribution is 2.47. The van der Waals surface area contributed by atoms with Crippen LogP contribution in [0.3, 0.4) is 0 Å². The second-order valence-electron chi connectivity index (χ2n) is 10.6. The van der Waals surface area contributed by atoms with Crippen LogP contribution in [0.15, 0.2) is 18.2 Å². The molecule has 1 aromatic rings. The summed E-state index contributed by atoms with van der Waals surface area (Å²) < 4.78 is 86.6. The molecule has 1 amide bonds. The number of hydrogen-bond acceptors (Lipinski definition) is 5. The molecule has 1 N–H and O–H groups in total. The zero-order chi connectivity index (χ0) is 27.9. The van der Waals surface area contributed by atoms with Crippen LogP contribution in [0.1, 0.15) is 49.7 Å². The van der Waals surface area contributed by atoms with E-state index in [9.17, 15) is 41.0 Å². The molecule has 0 bridgehead atoms. The van der Waals surface area contributed by atoms with Crippen molar-refractivity contribution in [3.63, 3.8) is 0 Å². The Bertz CT molecular complexity index is 1030. The van der Waals surface area contributed by atoms with Gasteiger partial charge in [-0.3, -0.25) is 9.69 Å². The van der Waals surface area contributed by atoms with Gasteiger partial charge in [-0.25, -0.2) is 4.79 Å². The minimum Gasteiger partial charge on any atom is -0.492 e. The van der Waals surface area contributed by atoms with Gasteiger partial charge in [-0.15, -0.1) is 0 Å². The van der Waals surface area contributed by atoms with Crippen molar-refractivity contribution in [2.75, 3.05) is 26.2 Å². The monoisotopic (exact) mass is 552 g/mol. The first-order valence-corrected chi connectivity index (χ1v) is 12.5. The van der Waals surface area contributed by atoms with Crippen LogP contribution in [-0.2, 0) is 16.1 Å². The summed E-state index contributed by atoms with van der Waals surface area (Å²) in [5.74, 6) is -0.293. The van der Waals surface area contributed by atoms with Gasteiger partial charge in [-0.1, -0.05) is 12.1 Å². The molecule has 2 saturated heterocycles. The highest BCUT2D eigenvalue weighted by molar-refractivity contribution is 5.78. The predicted octanol–water partition coefficient (Wildman–Crippen LogP) is 5.30. The fraction of sp³-hybridized carbons (Fsp3) is 0.680. The Hall–Kier alpha value is -2.70. The molecule has 7 nitrogen and oxygen atoms in total. The zero-order valence-electron chi connectivity index (χ0n) is 20.8. The van der Waals surface area contributed by atoms with E-state index in [0.29, 0.717) is 38.0 Å². The topological polar surface area (TPSA) is 79.3 Å². The highest BCUT2D eigenvalue weighted by Gasteiger charge is 2.60. The number of piperidine rings is 1. The number of ether oxygens (including phenoxy) is 2. The summed E-state index contributed by atoms with van der Waals surface area (Å²) in [6, 6.07) is 5.69. The standard InChI is InChI=1S/C25H30F6N2O5/c1-16-3-4-17(18(13-16)37-15-22(6-7-22)20(34)35)14-33-10-2-5-23(33)8-11-32(12-9-23)21(36)38-19(24(26,27)28)25(29,30)31/h3-4,13,19H,2,5-12,14-15H2,1H3,(H,34,35). The van der Waals surface area contributed by atoms with E-state index < -0.39 is 35.9 Å². The van der Waals surface area contributed by atoms with Gasteiger partial charge >= 0.3 is 24.4 Å². The Labute approximate surface area is 215 Å². The van der Waals surface area contributed by atoms with Crippen molar-refractivity contribution < 1.29 is 50.5 Å². The molecule has 1 aliphatic carbocycles. The van der Waals surface area contributed by atoms with Crippen LogP contribution in [0.4, 0.5) is 31.1 Å². The van der Waals surface area contributed by atoms with Crippen LogP contribution in [0.25, 0.3) is 0 Å². The van der Waals surface area contributed by atoms with Gasteiger partial charge < -0.3 is 19.5 Å². The smallest absolute Gasteiger partial charge is 0.434 e. The molecule has 0 atom stereocenters. The van der Waals surface area contributed by atoms with Crippen LogP contribution in [0.2, 0.25) is 0 Å². The average Bonchev–Trinajstić information content (AvgIpc) is 3.53. The van der Waals surface area contributed by atoms with E-state index >= 15 is 0 Å². The number of carbonyl (C=O) groups excluding carboxylic acids is 1. The van der Waals surface area contributed by atoms with Crippen molar-refractivity contribution in [3.8, 4) is 5.75 Å². The quantitative estimate of drug-likeness (QED) is 0.463. The number of likely N-dealkylation sites (tertiary alicyclic amines) is 2. The fourth-order valence-electron chi connectivity index (χ4n) is 5.33. The average molecular weight is 553 g/mol. The van der Waals surface area contributed by atoms with Gasteiger partial charge in [-0.2, -0.15) is 26.3 Å². The SMILES string of the molecule is Cc1ccc(CN2CCCC23CCN(C(=O)OC(C(F)(F)F)C(F)(F)F)CC3)c(OCC2(C(=O)O)CC2)c1.